The first-order valence-corrected chi connectivity index (χ1v) is 8.99. The lowest BCUT2D eigenvalue weighted by Crippen LogP contribution is -2.47. The van der Waals surface area contributed by atoms with Crippen molar-refractivity contribution >= 4 is 23.2 Å². The maximum atomic E-state index is 12.7. The monoisotopic (exact) mass is 328 g/mol. The van der Waals surface area contributed by atoms with Gasteiger partial charge in [-0.15, -0.1) is 11.3 Å². The Hall–Kier alpha value is -1.95. The van der Waals surface area contributed by atoms with Gasteiger partial charge in [0.25, 0.3) is 5.91 Å². The van der Waals surface area contributed by atoms with E-state index in [1.165, 1.54) is 17.8 Å². The number of hydrogen-bond acceptors (Lipinski definition) is 5. The van der Waals surface area contributed by atoms with Crippen LogP contribution in [0.1, 0.15) is 28.9 Å². The third-order valence-corrected chi connectivity index (χ3v) is 5.81. The van der Waals surface area contributed by atoms with Crippen molar-refractivity contribution in [3.63, 3.8) is 0 Å². The summed E-state index contributed by atoms with van der Waals surface area (Å²) < 4.78 is 0. The molecule has 2 aliphatic rings. The van der Waals surface area contributed by atoms with Crippen molar-refractivity contribution in [2.24, 2.45) is 5.41 Å². The van der Waals surface area contributed by atoms with Gasteiger partial charge in [-0.1, -0.05) is 6.07 Å². The molecule has 0 aliphatic carbocycles. The second kappa shape index (κ2) is 5.92. The highest BCUT2D eigenvalue weighted by Gasteiger charge is 2.43. The molecule has 5 nitrogen and oxygen atoms in total. The lowest BCUT2D eigenvalue weighted by molar-refractivity contribution is 0.0561. The number of nitrogens with zero attached hydrogens (tertiary/aromatic N) is 4. The molecule has 2 aromatic rings. The maximum absolute atomic E-state index is 12.7. The van der Waals surface area contributed by atoms with E-state index in [1.54, 1.807) is 12.4 Å². The number of thiophene rings is 1. The van der Waals surface area contributed by atoms with Crippen LogP contribution in [0.4, 0.5) is 5.95 Å². The molecule has 0 N–H and O–H groups in total. The third-order valence-electron chi connectivity index (χ3n) is 4.95. The number of hydrogen-bond donors (Lipinski definition) is 0. The van der Waals surface area contributed by atoms with Crippen molar-refractivity contribution < 1.29 is 4.79 Å². The maximum Gasteiger partial charge on any atom is 0.263 e. The van der Waals surface area contributed by atoms with Crippen molar-refractivity contribution in [3.05, 3.63) is 40.8 Å². The lowest BCUT2D eigenvalue weighted by atomic mass is 9.79. The van der Waals surface area contributed by atoms with Gasteiger partial charge in [-0.25, -0.2) is 9.97 Å². The average Bonchev–Trinajstić information content (AvgIpc) is 3.26. The van der Waals surface area contributed by atoms with Gasteiger partial charge in [0, 0.05) is 44.0 Å². The minimum absolute atomic E-state index is 0.188. The number of rotatable bonds is 2. The van der Waals surface area contributed by atoms with E-state index in [0.29, 0.717) is 0 Å². The third kappa shape index (κ3) is 2.83. The lowest BCUT2D eigenvalue weighted by Gasteiger charge is -2.40. The van der Waals surface area contributed by atoms with Crippen molar-refractivity contribution in [2.45, 2.75) is 19.3 Å². The predicted octanol–water partition coefficient (Wildman–Crippen LogP) is 2.67. The summed E-state index contributed by atoms with van der Waals surface area (Å²) in [5.41, 5.74) is 0.199. The van der Waals surface area contributed by atoms with Crippen LogP contribution in [0.5, 0.6) is 0 Å². The van der Waals surface area contributed by atoms with Crippen LogP contribution < -0.4 is 4.90 Å². The van der Waals surface area contributed by atoms with Gasteiger partial charge < -0.3 is 9.80 Å². The molecule has 0 aromatic carbocycles. The molecule has 1 amide bonds. The zero-order chi connectivity index (χ0) is 15.7. The molecule has 2 fully saturated rings. The van der Waals surface area contributed by atoms with Crippen molar-refractivity contribution in [1.82, 2.24) is 14.9 Å². The molecular formula is C17H20N4OS. The fourth-order valence-corrected chi connectivity index (χ4v) is 4.52. The number of likely N-dealkylation sites (tertiary alicyclic amines) is 1. The molecule has 6 heteroatoms. The minimum atomic E-state index is 0.188. The van der Waals surface area contributed by atoms with Gasteiger partial charge in [0.15, 0.2) is 0 Å². The van der Waals surface area contributed by atoms with Crippen LogP contribution in [0.3, 0.4) is 0 Å². The highest BCUT2D eigenvalue weighted by Crippen LogP contribution is 2.40. The molecule has 0 saturated carbocycles. The average molecular weight is 328 g/mol. The number of piperidine rings is 1. The molecule has 120 valence electrons. The van der Waals surface area contributed by atoms with E-state index in [2.05, 4.69) is 14.9 Å². The van der Waals surface area contributed by atoms with Gasteiger partial charge in [0.05, 0.1) is 4.88 Å². The van der Waals surface area contributed by atoms with Crippen LogP contribution in [-0.4, -0.2) is 47.0 Å². The minimum Gasteiger partial charge on any atom is -0.340 e. The highest BCUT2D eigenvalue weighted by molar-refractivity contribution is 7.12. The number of aromatic nitrogens is 2. The van der Waals surface area contributed by atoms with Crippen LogP contribution in [-0.2, 0) is 0 Å². The Morgan fingerprint density at radius 2 is 2.00 bits per heavy atom. The first-order chi connectivity index (χ1) is 11.3. The molecule has 23 heavy (non-hydrogen) atoms. The summed E-state index contributed by atoms with van der Waals surface area (Å²) in [6, 6.07) is 5.71. The molecule has 0 radical (unpaired) electrons. The van der Waals surface area contributed by atoms with Gasteiger partial charge in [-0.2, -0.15) is 0 Å². The van der Waals surface area contributed by atoms with Crippen molar-refractivity contribution in [3.8, 4) is 0 Å². The Kier molecular flexibility index (Phi) is 3.77. The summed E-state index contributed by atoms with van der Waals surface area (Å²) in [4.78, 5) is 26.5. The van der Waals surface area contributed by atoms with Crippen LogP contribution in [0.25, 0.3) is 0 Å². The van der Waals surface area contributed by atoms with Crippen LogP contribution in [0, 0.1) is 5.41 Å². The second-order valence-electron chi connectivity index (χ2n) is 6.53. The summed E-state index contributed by atoms with van der Waals surface area (Å²) in [5.74, 6) is 1.000. The zero-order valence-electron chi connectivity index (χ0n) is 13.0. The summed E-state index contributed by atoms with van der Waals surface area (Å²) in [6.07, 6.45) is 6.96. The van der Waals surface area contributed by atoms with Crippen LogP contribution in [0.2, 0.25) is 0 Å². The molecular weight excluding hydrogens is 308 g/mol. The summed E-state index contributed by atoms with van der Waals surface area (Å²) in [5, 5.41) is 1.97. The van der Waals surface area contributed by atoms with Crippen LogP contribution >= 0.6 is 11.3 Å². The Morgan fingerprint density at radius 1 is 1.13 bits per heavy atom. The number of carbonyl (C=O) groups excluding carboxylic acids is 1. The van der Waals surface area contributed by atoms with E-state index in [-0.39, 0.29) is 11.3 Å². The summed E-state index contributed by atoms with van der Waals surface area (Å²) >= 11 is 1.53. The molecule has 2 saturated heterocycles. The SMILES string of the molecule is O=C(c1cccs1)N1CCC[C@@]2(CCN(c3ncccn3)C2)C1. The largest absolute Gasteiger partial charge is 0.340 e. The normalized spacial score (nSPS) is 24.3. The number of anilines is 1. The van der Waals surface area contributed by atoms with E-state index in [4.69, 9.17) is 0 Å². The van der Waals surface area contributed by atoms with E-state index < -0.39 is 0 Å². The van der Waals surface area contributed by atoms with Gasteiger partial charge in [-0.3, -0.25) is 4.79 Å². The first kappa shape index (κ1) is 14.6. The Morgan fingerprint density at radius 3 is 2.78 bits per heavy atom. The standard InChI is InChI=1S/C17H20N4OS/c22-15(14-4-1-11-23-14)20-9-2-5-17(12-20)6-10-21(13-17)16-18-7-3-8-19-16/h1,3-4,7-8,11H,2,5-6,9-10,12-13H2/t17-/m1/s1. The number of amides is 1. The van der Waals surface area contributed by atoms with Gasteiger partial charge in [-0.05, 0) is 36.8 Å². The zero-order valence-corrected chi connectivity index (χ0v) is 13.8. The van der Waals surface area contributed by atoms with Crippen molar-refractivity contribution in [2.75, 3.05) is 31.1 Å². The quantitative estimate of drug-likeness (QED) is 0.850. The molecule has 4 heterocycles. The fraction of sp³-hybridized carbons (Fsp3) is 0.471. The Balaban J connectivity index is 1.48. The van der Waals surface area contributed by atoms with E-state index in [1.807, 2.05) is 28.5 Å². The summed E-state index contributed by atoms with van der Waals surface area (Å²) in [6.45, 7) is 3.66. The van der Waals surface area contributed by atoms with Crippen LogP contribution in [0.15, 0.2) is 36.0 Å². The highest BCUT2D eigenvalue weighted by atomic mass is 32.1. The molecule has 4 rings (SSSR count). The van der Waals surface area contributed by atoms with Gasteiger partial charge >= 0.3 is 0 Å². The van der Waals surface area contributed by atoms with Gasteiger partial charge in [0.1, 0.15) is 0 Å². The fourth-order valence-electron chi connectivity index (χ4n) is 3.83. The molecule has 2 aliphatic heterocycles. The molecule has 1 spiro atoms. The van der Waals surface area contributed by atoms with E-state index in [9.17, 15) is 4.79 Å². The predicted molar refractivity (Wildman–Crippen MR) is 90.8 cm³/mol. The topological polar surface area (TPSA) is 49.3 Å². The first-order valence-electron chi connectivity index (χ1n) is 8.11. The van der Waals surface area contributed by atoms with E-state index in [0.717, 1.165) is 49.8 Å². The number of carbonyl (C=O) groups is 1. The molecule has 2 aromatic heterocycles. The Labute approximate surface area is 140 Å². The Bertz CT molecular complexity index is 675. The van der Waals surface area contributed by atoms with E-state index >= 15 is 0 Å². The van der Waals surface area contributed by atoms with Crippen molar-refractivity contribution in [1.29, 1.82) is 0 Å². The molecule has 1 atom stereocenters. The summed E-state index contributed by atoms with van der Waals surface area (Å²) in [7, 11) is 0. The smallest absolute Gasteiger partial charge is 0.263 e. The molecule has 0 bridgehead atoms. The van der Waals surface area contributed by atoms with Gasteiger partial charge in [0.2, 0.25) is 5.95 Å². The molecule has 0 unspecified atom stereocenters. The second-order valence-corrected chi connectivity index (χ2v) is 7.48.